The summed E-state index contributed by atoms with van der Waals surface area (Å²) in [5, 5.41) is 5.10. The molecule has 152 valence electrons. The van der Waals surface area contributed by atoms with Gasteiger partial charge in [-0.3, -0.25) is 4.98 Å². The van der Waals surface area contributed by atoms with Crippen LogP contribution in [-0.2, 0) is 0 Å². The topological polar surface area (TPSA) is 87.6 Å². The summed E-state index contributed by atoms with van der Waals surface area (Å²) < 4.78 is 22.0. The van der Waals surface area contributed by atoms with E-state index in [9.17, 15) is 0 Å². The fourth-order valence-electron chi connectivity index (χ4n) is 3.03. The van der Waals surface area contributed by atoms with Crippen LogP contribution in [0.2, 0.25) is 0 Å². The molecule has 0 aliphatic carbocycles. The summed E-state index contributed by atoms with van der Waals surface area (Å²) in [5.74, 6) is 2.83. The molecule has 4 rings (SSSR count). The third-order valence-corrected chi connectivity index (χ3v) is 4.39. The van der Waals surface area contributed by atoms with E-state index in [1.807, 2.05) is 30.3 Å². The fourth-order valence-corrected chi connectivity index (χ4v) is 3.03. The Morgan fingerprint density at radius 3 is 2.37 bits per heavy atom. The lowest BCUT2D eigenvalue weighted by molar-refractivity contribution is 0.324. The molecule has 0 aliphatic rings. The first-order chi connectivity index (χ1) is 14.7. The number of rotatable bonds is 7. The Labute approximate surface area is 173 Å². The number of fused-ring (bicyclic) bond motifs is 1. The molecule has 1 N–H and O–H groups in total. The number of hydrogen-bond donors (Lipinski definition) is 1. The van der Waals surface area contributed by atoms with E-state index in [1.54, 1.807) is 45.9 Å². The Hall–Kier alpha value is -4.07. The molecule has 0 fully saturated rings. The molecular weight excluding hydrogens is 384 g/mol. The lowest BCUT2D eigenvalue weighted by atomic mass is 10.2. The van der Waals surface area contributed by atoms with Crippen molar-refractivity contribution in [3.05, 3.63) is 61.1 Å². The summed E-state index contributed by atoms with van der Waals surface area (Å²) >= 11 is 0. The fraction of sp³-hybridized carbons (Fsp3) is 0.136. The molecule has 0 bridgehead atoms. The third-order valence-electron chi connectivity index (χ3n) is 4.39. The molecule has 30 heavy (non-hydrogen) atoms. The Morgan fingerprint density at radius 2 is 1.63 bits per heavy atom. The van der Waals surface area contributed by atoms with Gasteiger partial charge < -0.3 is 24.3 Å². The lowest BCUT2D eigenvalue weighted by Crippen LogP contribution is -2.00. The Kier molecular flexibility index (Phi) is 5.47. The van der Waals surface area contributed by atoms with Crippen LogP contribution in [0.1, 0.15) is 0 Å². The van der Waals surface area contributed by atoms with Gasteiger partial charge in [0.25, 0.3) is 0 Å². The maximum absolute atomic E-state index is 5.90. The van der Waals surface area contributed by atoms with Crippen LogP contribution in [0.4, 0.5) is 11.5 Å². The molecule has 4 aromatic rings. The summed E-state index contributed by atoms with van der Waals surface area (Å²) in [6.45, 7) is 0. The second-order valence-electron chi connectivity index (χ2n) is 6.22. The van der Waals surface area contributed by atoms with Crippen molar-refractivity contribution in [3.63, 3.8) is 0 Å². The molecule has 2 aromatic heterocycles. The first-order valence-corrected chi connectivity index (χ1v) is 9.12. The minimum atomic E-state index is 0.316. The quantitative estimate of drug-likeness (QED) is 0.479. The van der Waals surface area contributed by atoms with Gasteiger partial charge in [0.1, 0.15) is 0 Å². The van der Waals surface area contributed by atoms with Crippen molar-refractivity contribution in [1.29, 1.82) is 0 Å². The number of benzene rings is 2. The van der Waals surface area contributed by atoms with Crippen LogP contribution < -0.4 is 24.3 Å². The average molecular weight is 404 g/mol. The predicted molar refractivity (Wildman–Crippen MR) is 113 cm³/mol. The number of pyridine rings is 1. The monoisotopic (exact) mass is 404 g/mol. The van der Waals surface area contributed by atoms with E-state index in [4.69, 9.17) is 18.9 Å². The van der Waals surface area contributed by atoms with Crippen molar-refractivity contribution in [2.75, 3.05) is 26.6 Å². The molecule has 2 aromatic carbocycles. The number of hydrogen-bond acceptors (Lipinski definition) is 8. The van der Waals surface area contributed by atoms with Crippen molar-refractivity contribution in [2.45, 2.75) is 0 Å². The van der Waals surface area contributed by atoms with Crippen LogP contribution in [0.25, 0.3) is 10.8 Å². The number of ether oxygens (including phenoxy) is 4. The van der Waals surface area contributed by atoms with Crippen LogP contribution >= 0.6 is 0 Å². The van der Waals surface area contributed by atoms with E-state index in [0.717, 1.165) is 10.8 Å². The van der Waals surface area contributed by atoms with Gasteiger partial charge in [0.15, 0.2) is 17.3 Å². The van der Waals surface area contributed by atoms with Crippen LogP contribution in [0.3, 0.4) is 0 Å². The van der Waals surface area contributed by atoms with Gasteiger partial charge in [-0.05, 0) is 17.5 Å². The highest BCUT2D eigenvalue weighted by atomic mass is 16.5. The van der Waals surface area contributed by atoms with Crippen molar-refractivity contribution < 1.29 is 18.9 Å². The van der Waals surface area contributed by atoms with E-state index in [-0.39, 0.29) is 0 Å². The number of anilines is 2. The molecule has 0 spiro atoms. The van der Waals surface area contributed by atoms with Crippen molar-refractivity contribution >= 4 is 22.3 Å². The van der Waals surface area contributed by atoms with Crippen LogP contribution in [0.5, 0.6) is 29.0 Å². The second kappa shape index (κ2) is 8.52. The van der Waals surface area contributed by atoms with Gasteiger partial charge in [-0.25, -0.2) is 4.98 Å². The van der Waals surface area contributed by atoms with Crippen molar-refractivity contribution in [3.8, 4) is 29.0 Å². The van der Waals surface area contributed by atoms with Crippen LogP contribution in [-0.4, -0.2) is 36.3 Å². The highest BCUT2D eigenvalue weighted by molar-refractivity contribution is 5.86. The maximum Gasteiger partial charge on any atom is 0.241 e. The Morgan fingerprint density at radius 1 is 0.867 bits per heavy atom. The summed E-state index contributed by atoms with van der Waals surface area (Å²) in [7, 11) is 4.68. The highest BCUT2D eigenvalue weighted by Gasteiger charge is 2.14. The molecule has 0 saturated carbocycles. The largest absolute Gasteiger partial charge is 0.493 e. The van der Waals surface area contributed by atoms with E-state index < -0.39 is 0 Å². The smallest absolute Gasteiger partial charge is 0.241 e. The molecule has 2 heterocycles. The molecule has 0 amide bonds. The van der Waals surface area contributed by atoms with E-state index in [1.165, 1.54) is 6.20 Å². The highest BCUT2D eigenvalue weighted by Crippen LogP contribution is 2.40. The van der Waals surface area contributed by atoms with Crippen molar-refractivity contribution in [2.24, 2.45) is 0 Å². The molecule has 0 atom stereocenters. The normalized spacial score (nSPS) is 10.5. The lowest BCUT2D eigenvalue weighted by Gasteiger charge is -2.15. The van der Waals surface area contributed by atoms with Gasteiger partial charge in [-0.15, -0.1) is 0 Å². The van der Waals surface area contributed by atoms with Gasteiger partial charge in [0, 0.05) is 29.4 Å². The number of methoxy groups -OCH3 is 3. The minimum Gasteiger partial charge on any atom is -0.493 e. The molecular formula is C22H20N4O4. The van der Waals surface area contributed by atoms with Gasteiger partial charge in [-0.2, -0.15) is 4.98 Å². The average Bonchev–Trinajstić information content (AvgIpc) is 2.79. The van der Waals surface area contributed by atoms with E-state index in [2.05, 4.69) is 20.3 Å². The first kappa shape index (κ1) is 19.3. The van der Waals surface area contributed by atoms with E-state index in [0.29, 0.717) is 40.5 Å². The minimum absolute atomic E-state index is 0.316. The Balaban J connectivity index is 1.61. The Bertz CT molecular complexity index is 1150. The van der Waals surface area contributed by atoms with Gasteiger partial charge in [-0.1, -0.05) is 18.2 Å². The summed E-state index contributed by atoms with van der Waals surface area (Å²) in [4.78, 5) is 13.0. The van der Waals surface area contributed by atoms with Gasteiger partial charge in [0.2, 0.25) is 17.5 Å². The zero-order valence-corrected chi connectivity index (χ0v) is 16.7. The molecule has 8 nitrogen and oxygen atoms in total. The zero-order chi connectivity index (χ0) is 20.9. The standard InChI is InChI=1S/C22H20N4O4/c1-27-17-10-15(11-18(28-2)21(17)29-3)25-19-12-23-13-20(26-19)30-22-16-7-5-4-6-14(16)8-9-24-22/h4-13H,1-3H3,(H,25,26). The van der Waals surface area contributed by atoms with Crippen LogP contribution in [0.15, 0.2) is 61.1 Å². The molecule has 8 heteroatoms. The van der Waals surface area contributed by atoms with Crippen LogP contribution in [0, 0.1) is 0 Å². The molecule has 0 saturated heterocycles. The predicted octanol–water partition coefficient (Wildman–Crippen LogP) is 4.59. The van der Waals surface area contributed by atoms with Crippen molar-refractivity contribution in [1.82, 2.24) is 15.0 Å². The molecule has 0 aliphatic heterocycles. The molecule has 0 radical (unpaired) electrons. The number of nitrogens with zero attached hydrogens (tertiary/aromatic N) is 3. The summed E-state index contributed by atoms with van der Waals surface area (Å²) in [5.41, 5.74) is 0.694. The third kappa shape index (κ3) is 3.88. The SMILES string of the molecule is COc1cc(Nc2cncc(Oc3nccc4ccccc34)n2)cc(OC)c1OC. The first-order valence-electron chi connectivity index (χ1n) is 9.12. The van der Waals surface area contributed by atoms with E-state index >= 15 is 0 Å². The molecule has 0 unspecified atom stereocenters. The summed E-state index contributed by atoms with van der Waals surface area (Å²) in [6.07, 6.45) is 4.82. The van der Waals surface area contributed by atoms with Gasteiger partial charge >= 0.3 is 0 Å². The number of aromatic nitrogens is 3. The van der Waals surface area contributed by atoms with Gasteiger partial charge in [0.05, 0.1) is 33.7 Å². The second-order valence-corrected chi connectivity index (χ2v) is 6.22. The maximum atomic E-state index is 5.90. The summed E-state index contributed by atoms with van der Waals surface area (Å²) in [6, 6.07) is 13.3. The zero-order valence-electron chi connectivity index (χ0n) is 16.7. The number of nitrogens with one attached hydrogen (secondary N) is 1.